The third-order valence-corrected chi connectivity index (χ3v) is 6.76. The zero-order chi connectivity index (χ0) is 22.7. The first-order valence-electron chi connectivity index (χ1n) is 13.8. The Kier molecular flexibility index (Phi) is 15.2. The smallest absolute Gasteiger partial charge is 0.273 e. The number of unbranched alkanes of at least 4 members (excludes halogenated alkanes) is 15. The minimum absolute atomic E-state index is 0.102. The molecule has 2 rings (SSSR count). The van der Waals surface area contributed by atoms with E-state index in [9.17, 15) is 4.79 Å². The summed E-state index contributed by atoms with van der Waals surface area (Å²) in [5.74, 6) is 0.965. The van der Waals surface area contributed by atoms with Gasteiger partial charge in [0.25, 0.3) is 5.91 Å². The van der Waals surface area contributed by atoms with Gasteiger partial charge < -0.3 is 15.1 Å². The number of carbonyl (C=O) groups excluding carboxylic acids is 1. The van der Waals surface area contributed by atoms with Gasteiger partial charge in [0, 0.05) is 12.5 Å². The number of piperidine rings is 1. The zero-order valence-electron chi connectivity index (χ0n) is 20.8. The Balaban J connectivity index is 1.34. The van der Waals surface area contributed by atoms with Crippen molar-refractivity contribution in [2.75, 3.05) is 19.6 Å². The van der Waals surface area contributed by atoms with E-state index < -0.39 is 0 Å². The van der Waals surface area contributed by atoms with Crippen molar-refractivity contribution in [3.63, 3.8) is 0 Å². The van der Waals surface area contributed by atoms with Crippen molar-refractivity contribution in [1.82, 2.24) is 15.6 Å². The maximum atomic E-state index is 12.3. The van der Waals surface area contributed by atoms with Crippen LogP contribution in [0.4, 0.5) is 0 Å². The fourth-order valence-electron chi connectivity index (χ4n) is 4.61. The van der Waals surface area contributed by atoms with Crippen molar-refractivity contribution in [2.24, 2.45) is 0 Å². The highest BCUT2D eigenvalue weighted by atomic mass is 16.3. The zero-order valence-corrected chi connectivity index (χ0v) is 20.8. The molecule has 0 spiro atoms. The van der Waals surface area contributed by atoms with E-state index in [2.05, 4.69) is 22.5 Å². The highest BCUT2D eigenvalue weighted by Gasteiger charge is 2.21. The molecule has 0 aromatic carbocycles. The number of nitrogens with zero attached hydrogens (tertiary/aromatic N) is 1. The number of hydrogen-bond acceptors (Lipinski definition) is 4. The molecule has 32 heavy (non-hydrogen) atoms. The minimum Gasteiger partial charge on any atom is -0.448 e. The number of hydrogen-bond donors (Lipinski definition) is 2. The minimum atomic E-state index is -0.102. The lowest BCUT2D eigenvalue weighted by Gasteiger charge is -2.19. The number of nitrogens with one attached hydrogen (secondary N) is 2. The van der Waals surface area contributed by atoms with Gasteiger partial charge in [0.05, 0.1) is 0 Å². The molecule has 5 heteroatoms. The molecule has 1 amide bonds. The van der Waals surface area contributed by atoms with Crippen molar-refractivity contribution in [1.29, 1.82) is 0 Å². The fourth-order valence-corrected chi connectivity index (χ4v) is 4.61. The summed E-state index contributed by atoms with van der Waals surface area (Å²) in [5.41, 5.74) is 0.426. The third-order valence-electron chi connectivity index (χ3n) is 6.76. The summed E-state index contributed by atoms with van der Waals surface area (Å²) in [4.78, 5) is 16.7. The van der Waals surface area contributed by atoms with Crippen LogP contribution >= 0.6 is 0 Å². The quantitative estimate of drug-likeness (QED) is 0.221. The second kappa shape index (κ2) is 18.1. The summed E-state index contributed by atoms with van der Waals surface area (Å²) in [5, 5.41) is 6.33. The van der Waals surface area contributed by atoms with E-state index in [4.69, 9.17) is 4.42 Å². The van der Waals surface area contributed by atoms with Gasteiger partial charge in [-0.2, -0.15) is 0 Å². The first-order valence-corrected chi connectivity index (χ1v) is 13.8. The lowest BCUT2D eigenvalue weighted by Crippen LogP contribution is -2.27. The van der Waals surface area contributed by atoms with Crippen LogP contribution in [0.3, 0.4) is 0 Å². The Bertz CT molecular complexity index is 581. The Morgan fingerprint density at radius 1 is 0.875 bits per heavy atom. The predicted molar refractivity (Wildman–Crippen MR) is 133 cm³/mol. The average molecular weight is 448 g/mol. The molecule has 1 saturated heterocycles. The van der Waals surface area contributed by atoms with Crippen molar-refractivity contribution in [2.45, 2.75) is 128 Å². The molecular formula is C27H49N3O2. The third kappa shape index (κ3) is 12.0. The van der Waals surface area contributed by atoms with Crippen LogP contribution in [0.2, 0.25) is 0 Å². The number of aromatic nitrogens is 1. The molecule has 0 unspecified atom stereocenters. The van der Waals surface area contributed by atoms with E-state index in [1.54, 1.807) is 0 Å². The van der Waals surface area contributed by atoms with Gasteiger partial charge in [0.1, 0.15) is 6.26 Å². The molecule has 1 fully saturated rings. The SMILES string of the molecule is CCCCCCCCCCCCCCCCCCNC(=O)c1coc(C2CCNCC2)n1. The van der Waals surface area contributed by atoms with E-state index in [1.165, 1.54) is 103 Å². The van der Waals surface area contributed by atoms with Gasteiger partial charge in [-0.15, -0.1) is 0 Å². The van der Waals surface area contributed by atoms with E-state index in [1.807, 2.05) is 0 Å². The first kappa shape index (κ1) is 26.9. The van der Waals surface area contributed by atoms with Crippen molar-refractivity contribution >= 4 is 5.91 Å². The van der Waals surface area contributed by atoms with E-state index in [0.29, 0.717) is 11.6 Å². The molecule has 0 saturated carbocycles. The van der Waals surface area contributed by atoms with Gasteiger partial charge in [0.2, 0.25) is 0 Å². The second-order valence-corrected chi connectivity index (χ2v) is 9.65. The lowest BCUT2D eigenvalue weighted by atomic mass is 9.98. The van der Waals surface area contributed by atoms with Crippen LogP contribution in [0.15, 0.2) is 10.7 Å². The monoisotopic (exact) mass is 447 g/mol. The largest absolute Gasteiger partial charge is 0.448 e. The Morgan fingerprint density at radius 3 is 1.91 bits per heavy atom. The summed E-state index contributed by atoms with van der Waals surface area (Å²) in [6.07, 6.45) is 25.4. The molecule has 0 aliphatic carbocycles. The van der Waals surface area contributed by atoms with Crippen molar-refractivity contribution in [3.05, 3.63) is 17.8 Å². The van der Waals surface area contributed by atoms with E-state index >= 15 is 0 Å². The number of oxazole rings is 1. The summed E-state index contributed by atoms with van der Waals surface area (Å²) in [6, 6.07) is 0. The summed E-state index contributed by atoms with van der Waals surface area (Å²) >= 11 is 0. The van der Waals surface area contributed by atoms with Gasteiger partial charge in [-0.1, -0.05) is 103 Å². The predicted octanol–water partition coefficient (Wildman–Crippen LogP) is 7.13. The summed E-state index contributed by atoms with van der Waals surface area (Å²) in [6.45, 7) is 5.00. The topological polar surface area (TPSA) is 67.2 Å². The van der Waals surface area contributed by atoms with Crippen LogP contribution in [0, 0.1) is 0 Å². The normalized spacial score (nSPS) is 14.7. The van der Waals surface area contributed by atoms with Crippen LogP contribution in [0.25, 0.3) is 0 Å². The second-order valence-electron chi connectivity index (χ2n) is 9.65. The van der Waals surface area contributed by atoms with Gasteiger partial charge in [-0.25, -0.2) is 4.98 Å². The molecular weight excluding hydrogens is 398 g/mol. The molecule has 5 nitrogen and oxygen atoms in total. The van der Waals surface area contributed by atoms with E-state index in [-0.39, 0.29) is 5.91 Å². The molecule has 1 aromatic rings. The lowest BCUT2D eigenvalue weighted by molar-refractivity contribution is 0.0948. The molecule has 0 bridgehead atoms. The molecule has 2 N–H and O–H groups in total. The molecule has 0 radical (unpaired) electrons. The highest BCUT2D eigenvalue weighted by molar-refractivity contribution is 5.91. The fraction of sp³-hybridized carbons (Fsp3) is 0.852. The van der Waals surface area contributed by atoms with Gasteiger partial charge in [0.15, 0.2) is 11.6 Å². The first-order chi connectivity index (χ1) is 15.8. The summed E-state index contributed by atoms with van der Waals surface area (Å²) < 4.78 is 5.56. The highest BCUT2D eigenvalue weighted by Crippen LogP contribution is 2.24. The van der Waals surface area contributed by atoms with Crippen LogP contribution in [-0.4, -0.2) is 30.5 Å². The Hall–Kier alpha value is -1.36. The molecule has 0 atom stereocenters. The van der Waals surface area contributed by atoms with Gasteiger partial charge >= 0.3 is 0 Å². The maximum absolute atomic E-state index is 12.3. The van der Waals surface area contributed by atoms with Crippen LogP contribution in [0.5, 0.6) is 0 Å². The summed E-state index contributed by atoms with van der Waals surface area (Å²) in [7, 11) is 0. The standard InChI is InChI=1S/C27H49N3O2/c1-2-3-4-5-6-7-8-9-10-11-12-13-14-15-16-17-20-29-26(31)25-23-32-27(30-25)24-18-21-28-22-19-24/h23-24,28H,2-22H2,1H3,(H,29,31). The van der Waals surface area contributed by atoms with Crippen LogP contribution in [-0.2, 0) is 0 Å². The molecule has 2 heterocycles. The van der Waals surface area contributed by atoms with Crippen LogP contribution in [0.1, 0.15) is 145 Å². The average Bonchev–Trinajstić information content (AvgIpc) is 3.32. The van der Waals surface area contributed by atoms with Crippen molar-refractivity contribution in [3.8, 4) is 0 Å². The molecule has 1 aliphatic heterocycles. The number of carbonyl (C=O) groups is 1. The van der Waals surface area contributed by atoms with Crippen molar-refractivity contribution < 1.29 is 9.21 Å². The van der Waals surface area contributed by atoms with Gasteiger partial charge in [-0.3, -0.25) is 4.79 Å². The van der Waals surface area contributed by atoms with Gasteiger partial charge in [-0.05, 0) is 32.4 Å². The molecule has 1 aliphatic rings. The molecule has 184 valence electrons. The maximum Gasteiger partial charge on any atom is 0.273 e. The molecule has 1 aromatic heterocycles. The van der Waals surface area contributed by atoms with E-state index in [0.717, 1.165) is 44.8 Å². The van der Waals surface area contributed by atoms with Crippen LogP contribution < -0.4 is 10.6 Å². The Morgan fingerprint density at radius 2 is 1.38 bits per heavy atom. The number of amides is 1. The Labute approximate surface area is 196 Å². The number of rotatable bonds is 19.